The first-order valence-corrected chi connectivity index (χ1v) is 19.1. The van der Waals surface area contributed by atoms with E-state index in [0.717, 1.165) is 60.6 Å². The number of fused-ring (bicyclic) bond motifs is 7. The first kappa shape index (κ1) is 30.9. The summed E-state index contributed by atoms with van der Waals surface area (Å²) < 4.78 is 9.84. The molecule has 0 radical (unpaired) electrons. The molecule has 0 amide bonds. The Labute approximate surface area is 322 Å². The summed E-state index contributed by atoms with van der Waals surface area (Å²) in [5, 5.41) is 5.73. The molecule has 260 valence electrons. The van der Waals surface area contributed by atoms with E-state index in [1.54, 1.807) is 11.3 Å². The Morgan fingerprint density at radius 3 is 1.93 bits per heavy atom. The smallest absolute Gasteiger partial charge is 0.227 e. The standard InChI is InChI=1S/C48H26N6OS/c1-3-10-28(11-4-1)44-51-45(29-12-5-2-6-13-29)53-46(52-44)33-20-23-41-38(27-33)49-47(55-41)34-15-9-14-30(24-34)31-18-21-39-36(25-31)43-35-26-32(35)19-22-40(43)54(39)48-50-37-16-7-8-17-42(37)56-48/h1-25,27H. The van der Waals surface area contributed by atoms with Gasteiger partial charge in [-0.15, -0.1) is 5.73 Å². The number of rotatable bonds is 6. The average molecular weight is 735 g/mol. The van der Waals surface area contributed by atoms with Gasteiger partial charge in [0, 0.05) is 43.5 Å². The molecule has 0 aliphatic heterocycles. The van der Waals surface area contributed by atoms with Crippen LogP contribution in [-0.2, 0) is 0 Å². The van der Waals surface area contributed by atoms with E-state index in [0.29, 0.717) is 28.9 Å². The van der Waals surface area contributed by atoms with Crippen LogP contribution in [0.15, 0.2) is 162 Å². The molecule has 0 saturated heterocycles. The molecule has 1 aliphatic carbocycles. The Kier molecular flexibility index (Phi) is 6.62. The van der Waals surface area contributed by atoms with Crippen molar-refractivity contribution in [1.82, 2.24) is 29.5 Å². The van der Waals surface area contributed by atoms with Crippen LogP contribution in [0.4, 0.5) is 0 Å². The maximum Gasteiger partial charge on any atom is 0.227 e. The lowest BCUT2D eigenvalue weighted by atomic mass is 10.0. The summed E-state index contributed by atoms with van der Waals surface area (Å²) in [6.07, 6.45) is 0. The van der Waals surface area contributed by atoms with Crippen molar-refractivity contribution in [3.8, 4) is 61.9 Å². The molecule has 7 aromatic carbocycles. The first-order chi connectivity index (χ1) is 27.7. The molecule has 0 atom stereocenters. The molecule has 0 saturated carbocycles. The second kappa shape index (κ2) is 12.0. The zero-order valence-electron chi connectivity index (χ0n) is 29.5. The lowest BCUT2D eigenvalue weighted by molar-refractivity contribution is 0.620. The van der Waals surface area contributed by atoms with Crippen LogP contribution in [0.5, 0.6) is 0 Å². The third kappa shape index (κ3) is 5.02. The minimum Gasteiger partial charge on any atom is -0.436 e. The molecular weight excluding hydrogens is 709 g/mol. The minimum atomic E-state index is 0.548. The van der Waals surface area contributed by atoms with Gasteiger partial charge in [-0.3, -0.25) is 4.57 Å². The fourth-order valence-corrected chi connectivity index (χ4v) is 8.61. The van der Waals surface area contributed by atoms with Gasteiger partial charge in [0.25, 0.3) is 0 Å². The van der Waals surface area contributed by atoms with Gasteiger partial charge < -0.3 is 4.42 Å². The molecule has 4 heterocycles. The van der Waals surface area contributed by atoms with Crippen LogP contribution in [-0.4, -0.2) is 29.5 Å². The molecule has 11 aromatic rings. The highest BCUT2D eigenvalue weighted by Gasteiger charge is 2.20. The summed E-state index contributed by atoms with van der Waals surface area (Å²) in [5.74, 6) is 2.34. The predicted octanol–water partition coefficient (Wildman–Crippen LogP) is 10.1. The molecule has 0 N–H and O–H groups in total. The van der Waals surface area contributed by atoms with E-state index < -0.39 is 0 Å². The summed E-state index contributed by atoms with van der Waals surface area (Å²) in [6.45, 7) is 0. The van der Waals surface area contributed by atoms with Crippen molar-refractivity contribution in [2.24, 2.45) is 0 Å². The van der Waals surface area contributed by atoms with Gasteiger partial charge in [-0.25, -0.2) is 24.9 Å². The second-order valence-electron chi connectivity index (χ2n) is 13.9. The van der Waals surface area contributed by atoms with Crippen LogP contribution in [0.1, 0.15) is 0 Å². The van der Waals surface area contributed by atoms with Crippen molar-refractivity contribution >= 4 is 60.2 Å². The van der Waals surface area contributed by atoms with Crippen LogP contribution >= 0.6 is 11.3 Å². The van der Waals surface area contributed by atoms with Crippen LogP contribution < -0.4 is 10.4 Å². The van der Waals surface area contributed by atoms with Gasteiger partial charge in [0.15, 0.2) is 28.2 Å². The Bertz CT molecular complexity index is 3440. The molecular formula is C48H26N6OS. The summed E-state index contributed by atoms with van der Waals surface area (Å²) in [6, 6.07) is 53.6. The first-order valence-electron chi connectivity index (χ1n) is 18.3. The van der Waals surface area contributed by atoms with Crippen molar-refractivity contribution in [3.05, 3.63) is 168 Å². The summed E-state index contributed by atoms with van der Waals surface area (Å²) in [5.41, 5.74) is 13.9. The molecule has 56 heavy (non-hydrogen) atoms. The van der Waals surface area contributed by atoms with Crippen LogP contribution in [0.25, 0.3) is 111 Å². The van der Waals surface area contributed by atoms with Gasteiger partial charge in [-0.1, -0.05) is 102 Å². The second-order valence-corrected chi connectivity index (χ2v) is 14.9. The van der Waals surface area contributed by atoms with E-state index in [1.165, 1.54) is 25.9 Å². The third-order valence-electron chi connectivity index (χ3n) is 10.4. The lowest BCUT2D eigenvalue weighted by Crippen LogP contribution is -2.07. The molecule has 12 rings (SSSR count). The normalized spacial score (nSPS) is 11.9. The molecule has 7 nitrogen and oxygen atoms in total. The third-order valence-corrected chi connectivity index (χ3v) is 11.4. The Morgan fingerprint density at radius 2 is 1.14 bits per heavy atom. The van der Waals surface area contributed by atoms with Gasteiger partial charge in [0.2, 0.25) is 5.89 Å². The number of hydrogen-bond donors (Lipinski definition) is 0. The molecule has 1 aliphatic rings. The quantitative estimate of drug-likeness (QED) is 0.169. The van der Waals surface area contributed by atoms with Crippen LogP contribution in [0.3, 0.4) is 0 Å². The van der Waals surface area contributed by atoms with Gasteiger partial charge in [-0.2, -0.15) is 0 Å². The molecule has 4 aromatic heterocycles. The maximum atomic E-state index is 6.37. The van der Waals surface area contributed by atoms with Crippen molar-refractivity contribution in [2.75, 3.05) is 0 Å². The topological polar surface area (TPSA) is 82.5 Å². The number of thiazole rings is 1. The fourth-order valence-electron chi connectivity index (χ4n) is 7.62. The number of oxazole rings is 1. The minimum absolute atomic E-state index is 0.548. The Morgan fingerprint density at radius 1 is 0.482 bits per heavy atom. The zero-order valence-corrected chi connectivity index (χ0v) is 30.3. The van der Waals surface area contributed by atoms with E-state index >= 15 is 0 Å². The number of benzene rings is 7. The van der Waals surface area contributed by atoms with E-state index in [2.05, 4.69) is 77.0 Å². The Balaban J connectivity index is 0.928. The molecule has 0 bridgehead atoms. The maximum absolute atomic E-state index is 6.37. The predicted molar refractivity (Wildman–Crippen MR) is 224 cm³/mol. The number of hydrogen-bond acceptors (Lipinski definition) is 7. The monoisotopic (exact) mass is 734 g/mol. The highest BCUT2D eigenvalue weighted by molar-refractivity contribution is 7.20. The number of aromatic nitrogens is 6. The largest absolute Gasteiger partial charge is 0.436 e. The van der Waals surface area contributed by atoms with Crippen molar-refractivity contribution in [3.63, 3.8) is 0 Å². The van der Waals surface area contributed by atoms with Gasteiger partial charge >= 0.3 is 0 Å². The fraction of sp³-hybridized carbons (Fsp3) is 0. The molecule has 0 fully saturated rings. The van der Waals surface area contributed by atoms with E-state index in [1.807, 2.05) is 91.0 Å². The molecule has 0 spiro atoms. The van der Waals surface area contributed by atoms with Crippen molar-refractivity contribution < 1.29 is 4.42 Å². The Hall–Kier alpha value is -7.51. The molecule has 0 unspecified atom stereocenters. The number of para-hydroxylation sites is 1. The van der Waals surface area contributed by atoms with Gasteiger partial charge in [-0.05, 0) is 77.9 Å². The van der Waals surface area contributed by atoms with E-state index in [4.69, 9.17) is 29.3 Å². The van der Waals surface area contributed by atoms with Crippen molar-refractivity contribution in [1.29, 1.82) is 0 Å². The lowest BCUT2D eigenvalue weighted by Gasteiger charge is -2.08. The highest BCUT2D eigenvalue weighted by atomic mass is 32.1. The van der Waals surface area contributed by atoms with Gasteiger partial charge in [0.05, 0.1) is 21.3 Å². The number of nitrogens with zero attached hydrogens (tertiary/aromatic N) is 6. The molecule has 8 heteroatoms. The SMILES string of the molecule is C1=c2ccc3c(c2=1)c1cc(-c2cccc(-c4nc5cc(-c6nc(-c7ccccc7)nc(-c7ccccc7)n6)ccc5o4)c2)ccc1n3-c1nc2ccccc2s1. The summed E-state index contributed by atoms with van der Waals surface area (Å²) in [4.78, 5) is 24.7. The van der Waals surface area contributed by atoms with Crippen molar-refractivity contribution in [2.45, 2.75) is 0 Å². The van der Waals surface area contributed by atoms with Crippen LogP contribution in [0.2, 0.25) is 0 Å². The average Bonchev–Trinajstić information content (AvgIpc) is 3.57. The highest BCUT2D eigenvalue weighted by Crippen LogP contribution is 2.37. The van der Waals surface area contributed by atoms with Gasteiger partial charge in [0.1, 0.15) is 5.52 Å². The zero-order chi connectivity index (χ0) is 36.7. The summed E-state index contributed by atoms with van der Waals surface area (Å²) in [7, 11) is 0. The van der Waals surface area contributed by atoms with E-state index in [9.17, 15) is 0 Å². The van der Waals surface area contributed by atoms with Crippen LogP contribution in [0, 0.1) is 0 Å². The summed E-state index contributed by atoms with van der Waals surface area (Å²) >= 11 is 1.71. The van der Waals surface area contributed by atoms with E-state index in [-0.39, 0.29) is 0 Å².